The number of nitrogens with zero attached hydrogens (tertiary/aromatic N) is 1. The summed E-state index contributed by atoms with van der Waals surface area (Å²) in [6.45, 7) is 8.09. The van der Waals surface area contributed by atoms with Gasteiger partial charge in [0.1, 0.15) is 0 Å². The summed E-state index contributed by atoms with van der Waals surface area (Å²) in [5.41, 5.74) is 1.20. The SMILES string of the molecule is CCOc1c(OC)ccc(Br)c1CCN1CCNCC1. The Morgan fingerprint density at radius 3 is 2.70 bits per heavy atom. The van der Waals surface area contributed by atoms with Crippen LogP contribution in [0, 0.1) is 0 Å². The highest BCUT2D eigenvalue weighted by molar-refractivity contribution is 9.10. The van der Waals surface area contributed by atoms with Crippen LogP contribution in [0.15, 0.2) is 16.6 Å². The van der Waals surface area contributed by atoms with Crippen LogP contribution < -0.4 is 14.8 Å². The van der Waals surface area contributed by atoms with Gasteiger partial charge in [-0.1, -0.05) is 15.9 Å². The van der Waals surface area contributed by atoms with Crippen molar-refractivity contribution in [2.75, 3.05) is 46.4 Å². The predicted molar refractivity (Wildman–Crippen MR) is 84.9 cm³/mol. The minimum Gasteiger partial charge on any atom is -0.493 e. The number of methoxy groups -OCH3 is 1. The van der Waals surface area contributed by atoms with Crippen molar-refractivity contribution in [2.24, 2.45) is 0 Å². The number of hydrogen-bond donors (Lipinski definition) is 1. The van der Waals surface area contributed by atoms with Crippen molar-refractivity contribution in [1.29, 1.82) is 0 Å². The molecular weight excluding hydrogens is 320 g/mol. The quantitative estimate of drug-likeness (QED) is 0.860. The molecule has 0 spiro atoms. The van der Waals surface area contributed by atoms with Crippen LogP contribution in [-0.2, 0) is 6.42 Å². The first-order valence-electron chi connectivity index (χ1n) is 7.17. The number of ether oxygens (including phenoxy) is 2. The summed E-state index contributed by atoms with van der Waals surface area (Å²) in [5, 5.41) is 3.38. The lowest BCUT2D eigenvalue weighted by Crippen LogP contribution is -2.44. The van der Waals surface area contributed by atoms with Gasteiger partial charge in [0, 0.05) is 42.8 Å². The monoisotopic (exact) mass is 342 g/mol. The van der Waals surface area contributed by atoms with Crippen molar-refractivity contribution in [3.05, 3.63) is 22.2 Å². The second kappa shape index (κ2) is 7.86. The van der Waals surface area contributed by atoms with Crippen molar-refractivity contribution in [3.63, 3.8) is 0 Å². The molecule has 5 heteroatoms. The number of benzene rings is 1. The van der Waals surface area contributed by atoms with Crippen LogP contribution in [-0.4, -0.2) is 51.3 Å². The van der Waals surface area contributed by atoms with Gasteiger partial charge in [0.15, 0.2) is 11.5 Å². The minimum atomic E-state index is 0.646. The van der Waals surface area contributed by atoms with Gasteiger partial charge >= 0.3 is 0 Å². The molecule has 2 rings (SSSR count). The summed E-state index contributed by atoms with van der Waals surface area (Å²) in [5.74, 6) is 1.69. The molecule has 0 bridgehead atoms. The first kappa shape index (κ1) is 15.6. The van der Waals surface area contributed by atoms with E-state index >= 15 is 0 Å². The Morgan fingerprint density at radius 2 is 2.05 bits per heavy atom. The zero-order valence-electron chi connectivity index (χ0n) is 12.2. The molecule has 112 valence electrons. The predicted octanol–water partition coefficient (Wildman–Crippen LogP) is 2.30. The van der Waals surface area contributed by atoms with Crippen molar-refractivity contribution in [1.82, 2.24) is 10.2 Å². The zero-order valence-corrected chi connectivity index (χ0v) is 13.8. The van der Waals surface area contributed by atoms with Gasteiger partial charge in [-0.15, -0.1) is 0 Å². The Kier molecular flexibility index (Phi) is 6.13. The summed E-state index contributed by atoms with van der Waals surface area (Å²) < 4.78 is 12.3. The molecule has 0 aliphatic carbocycles. The molecule has 1 aromatic rings. The third kappa shape index (κ3) is 3.87. The molecule has 20 heavy (non-hydrogen) atoms. The highest BCUT2D eigenvalue weighted by atomic mass is 79.9. The lowest BCUT2D eigenvalue weighted by molar-refractivity contribution is 0.241. The van der Waals surface area contributed by atoms with E-state index in [1.54, 1.807) is 7.11 Å². The summed E-state index contributed by atoms with van der Waals surface area (Å²) in [6, 6.07) is 3.98. The summed E-state index contributed by atoms with van der Waals surface area (Å²) in [6.07, 6.45) is 0.965. The first-order chi connectivity index (χ1) is 9.76. The van der Waals surface area contributed by atoms with Crippen LogP contribution in [0.3, 0.4) is 0 Å². The molecule has 1 saturated heterocycles. The number of piperazine rings is 1. The Morgan fingerprint density at radius 1 is 1.30 bits per heavy atom. The first-order valence-corrected chi connectivity index (χ1v) is 7.96. The topological polar surface area (TPSA) is 33.7 Å². The van der Waals surface area contributed by atoms with Crippen LogP contribution in [0.5, 0.6) is 11.5 Å². The normalized spacial score (nSPS) is 16.1. The van der Waals surface area contributed by atoms with Gasteiger partial charge in [0.2, 0.25) is 0 Å². The molecule has 1 aromatic carbocycles. The third-order valence-electron chi connectivity index (χ3n) is 3.56. The van der Waals surface area contributed by atoms with Crippen LogP contribution in [0.4, 0.5) is 0 Å². The lowest BCUT2D eigenvalue weighted by Gasteiger charge is -2.27. The number of rotatable bonds is 6. The fourth-order valence-electron chi connectivity index (χ4n) is 2.48. The molecule has 0 aromatic heterocycles. The van der Waals surface area contributed by atoms with Crippen LogP contribution in [0.2, 0.25) is 0 Å². The van der Waals surface area contributed by atoms with Gasteiger partial charge < -0.3 is 19.7 Å². The number of halogens is 1. The van der Waals surface area contributed by atoms with Crippen molar-refractivity contribution < 1.29 is 9.47 Å². The fraction of sp³-hybridized carbons (Fsp3) is 0.600. The maximum Gasteiger partial charge on any atom is 0.165 e. The van der Waals surface area contributed by atoms with E-state index in [4.69, 9.17) is 9.47 Å². The van der Waals surface area contributed by atoms with E-state index in [-0.39, 0.29) is 0 Å². The number of hydrogen-bond acceptors (Lipinski definition) is 4. The van der Waals surface area contributed by atoms with Crippen LogP contribution >= 0.6 is 15.9 Å². The van der Waals surface area contributed by atoms with E-state index in [1.807, 2.05) is 19.1 Å². The van der Waals surface area contributed by atoms with Gasteiger partial charge in [0.25, 0.3) is 0 Å². The zero-order chi connectivity index (χ0) is 14.4. The highest BCUT2D eigenvalue weighted by Crippen LogP contribution is 2.36. The van der Waals surface area contributed by atoms with E-state index in [0.717, 1.165) is 55.1 Å². The Labute approximate surface area is 129 Å². The van der Waals surface area contributed by atoms with Gasteiger partial charge in [-0.05, 0) is 25.5 Å². The molecule has 0 saturated carbocycles. The maximum absolute atomic E-state index is 5.79. The van der Waals surface area contributed by atoms with Gasteiger partial charge in [-0.2, -0.15) is 0 Å². The van der Waals surface area contributed by atoms with Gasteiger partial charge in [0.05, 0.1) is 13.7 Å². The number of nitrogens with one attached hydrogen (secondary N) is 1. The Balaban J connectivity index is 2.11. The van der Waals surface area contributed by atoms with Crippen molar-refractivity contribution >= 4 is 15.9 Å². The van der Waals surface area contributed by atoms with Crippen LogP contribution in [0.1, 0.15) is 12.5 Å². The molecule has 0 atom stereocenters. The van der Waals surface area contributed by atoms with E-state index in [9.17, 15) is 0 Å². The average Bonchev–Trinajstić information content (AvgIpc) is 2.48. The average molecular weight is 343 g/mol. The Bertz CT molecular complexity index is 434. The molecule has 4 nitrogen and oxygen atoms in total. The molecular formula is C15H23BrN2O2. The molecule has 1 aliphatic heterocycles. The molecule has 0 radical (unpaired) electrons. The van der Waals surface area contributed by atoms with E-state index in [1.165, 1.54) is 5.56 Å². The smallest absolute Gasteiger partial charge is 0.165 e. The molecule has 1 aliphatic rings. The molecule has 1 heterocycles. The van der Waals surface area contributed by atoms with Gasteiger partial charge in [-0.3, -0.25) is 0 Å². The lowest BCUT2D eigenvalue weighted by atomic mass is 10.1. The van der Waals surface area contributed by atoms with Gasteiger partial charge in [-0.25, -0.2) is 0 Å². The van der Waals surface area contributed by atoms with Crippen LogP contribution in [0.25, 0.3) is 0 Å². The molecule has 0 unspecified atom stereocenters. The molecule has 1 N–H and O–H groups in total. The summed E-state index contributed by atoms with van der Waals surface area (Å²) in [4.78, 5) is 2.48. The summed E-state index contributed by atoms with van der Waals surface area (Å²) in [7, 11) is 1.69. The van der Waals surface area contributed by atoms with Crippen molar-refractivity contribution in [2.45, 2.75) is 13.3 Å². The Hall–Kier alpha value is -0.780. The fourth-order valence-corrected chi connectivity index (χ4v) is 2.99. The second-order valence-electron chi connectivity index (χ2n) is 4.83. The second-order valence-corrected chi connectivity index (χ2v) is 5.69. The van der Waals surface area contributed by atoms with Crippen molar-refractivity contribution in [3.8, 4) is 11.5 Å². The van der Waals surface area contributed by atoms with E-state index < -0.39 is 0 Å². The minimum absolute atomic E-state index is 0.646. The molecule has 0 amide bonds. The maximum atomic E-state index is 5.79. The molecule has 1 fully saturated rings. The van der Waals surface area contributed by atoms with E-state index in [0.29, 0.717) is 6.61 Å². The largest absolute Gasteiger partial charge is 0.493 e. The third-order valence-corrected chi connectivity index (χ3v) is 4.31. The summed E-state index contributed by atoms with van der Waals surface area (Å²) >= 11 is 3.64. The standard InChI is InChI=1S/C15H23BrN2O2/c1-3-20-15-12(13(16)4-5-14(15)19-2)6-9-18-10-7-17-8-11-18/h4-5,17H,3,6-11H2,1-2H3. The highest BCUT2D eigenvalue weighted by Gasteiger charge is 2.16. The van der Waals surface area contributed by atoms with E-state index in [2.05, 4.69) is 26.1 Å².